The van der Waals surface area contributed by atoms with Gasteiger partial charge in [-0.3, -0.25) is 19.7 Å². The van der Waals surface area contributed by atoms with Crippen LogP contribution in [-0.2, 0) is 20.7 Å². The first-order valence-corrected chi connectivity index (χ1v) is 10.8. The fourth-order valence-corrected chi connectivity index (χ4v) is 3.86. The predicted molar refractivity (Wildman–Crippen MR) is 119 cm³/mol. The fraction of sp³-hybridized carbons (Fsp3) is 0.391. The highest BCUT2D eigenvalue weighted by Crippen LogP contribution is 2.27. The van der Waals surface area contributed by atoms with Gasteiger partial charge < -0.3 is 4.74 Å². The molecule has 0 aliphatic rings. The lowest BCUT2D eigenvalue weighted by molar-refractivity contribution is -0.384. The van der Waals surface area contributed by atoms with Gasteiger partial charge in [0.05, 0.1) is 11.5 Å². The van der Waals surface area contributed by atoms with Gasteiger partial charge in [-0.05, 0) is 35.6 Å². The van der Waals surface area contributed by atoms with Gasteiger partial charge >= 0.3 is 5.97 Å². The summed E-state index contributed by atoms with van der Waals surface area (Å²) >= 11 is 1.36. The number of hydrogen-bond donors (Lipinski definition) is 0. The molecule has 6 nitrogen and oxygen atoms in total. The standard InChI is InChI=1S/C23H27NO5S/c1-5-29-22(26)21(14-20(25)17-8-12-19(13-9-17)24(27)28)30-15-16-6-10-18(11-7-16)23(2,3)4/h6-13,21H,5,14-15H2,1-4H3/t21-/m0/s1. The maximum atomic E-state index is 12.6. The van der Waals surface area contributed by atoms with E-state index in [0.717, 1.165) is 5.56 Å². The molecule has 7 heteroatoms. The van der Waals surface area contributed by atoms with Crippen molar-refractivity contribution in [1.29, 1.82) is 0 Å². The number of benzene rings is 2. The van der Waals surface area contributed by atoms with Crippen LogP contribution in [0.4, 0.5) is 5.69 Å². The van der Waals surface area contributed by atoms with Crippen LogP contribution in [0.5, 0.6) is 0 Å². The number of non-ortho nitro benzene ring substituents is 1. The first-order valence-electron chi connectivity index (χ1n) is 9.77. The average molecular weight is 430 g/mol. The number of ketones is 1. The largest absolute Gasteiger partial charge is 0.465 e. The van der Waals surface area contributed by atoms with Crippen LogP contribution in [-0.4, -0.2) is 28.5 Å². The number of carbonyl (C=O) groups excluding carboxylic acids is 2. The molecule has 0 saturated carbocycles. The van der Waals surface area contributed by atoms with Crippen LogP contribution < -0.4 is 0 Å². The van der Waals surface area contributed by atoms with Gasteiger partial charge in [-0.15, -0.1) is 11.8 Å². The SMILES string of the molecule is CCOC(=O)[C@H](CC(=O)c1ccc([N+](=O)[O-])cc1)SCc1ccc(C(C)(C)C)cc1. The maximum Gasteiger partial charge on any atom is 0.319 e. The summed E-state index contributed by atoms with van der Waals surface area (Å²) in [6.07, 6.45) is -0.0264. The monoisotopic (exact) mass is 429 g/mol. The summed E-state index contributed by atoms with van der Waals surface area (Å²) in [6.45, 7) is 8.41. The number of esters is 1. The van der Waals surface area contributed by atoms with Crippen molar-refractivity contribution >= 4 is 29.2 Å². The van der Waals surface area contributed by atoms with Crippen molar-refractivity contribution in [2.24, 2.45) is 0 Å². The van der Waals surface area contributed by atoms with Crippen LogP contribution >= 0.6 is 11.8 Å². The molecule has 0 amide bonds. The normalized spacial score (nSPS) is 12.3. The lowest BCUT2D eigenvalue weighted by Gasteiger charge is -2.19. The second-order valence-corrected chi connectivity index (χ2v) is 9.12. The molecule has 2 aromatic rings. The van der Waals surface area contributed by atoms with E-state index in [2.05, 4.69) is 32.9 Å². The number of hydrogen-bond acceptors (Lipinski definition) is 6. The minimum atomic E-state index is -0.644. The fourth-order valence-electron chi connectivity index (χ4n) is 2.80. The van der Waals surface area contributed by atoms with E-state index in [4.69, 9.17) is 4.74 Å². The molecule has 0 aliphatic heterocycles. The first kappa shape index (κ1) is 23.6. The van der Waals surface area contributed by atoms with Crippen LogP contribution in [0.1, 0.15) is 55.6 Å². The number of nitro groups is 1. The highest BCUT2D eigenvalue weighted by Gasteiger charge is 2.25. The summed E-state index contributed by atoms with van der Waals surface area (Å²) in [4.78, 5) is 35.3. The molecule has 0 heterocycles. The van der Waals surface area contributed by atoms with Crippen molar-refractivity contribution in [3.8, 4) is 0 Å². The van der Waals surface area contributed by atoms with Gasteiger partial charge in [0, 0.05) is 29.9 Å². The molecule has 30 heavy (non-hydrogen) atoms. The third-order valence-electron chi connectivity index (χ3n) is 4.59. The molecule has 2 aromatic carbocycles. The van der Waals surface area contributed by atoms with Crippen molar-refractivity contribution < 1.29 is 19.2 Å². The number of Topliss-reactive ketones (excluding diaryl/α,β-unsaturated/α-hetero) is 1. The molecule has 2 rings (SSSR count). The van der Waals surface area contributed by atoms with E-state index in [1.54, 1.807) is 6.92 Å². The number of nitrogens with zero attached hydrogens (tertiary/aromatic N) is 1. The molecule has 0 bridgehead atoms. The van der Waals surface area contributed by atoms with Crippen molar-refractivity contribution in [1.82, 2.24) is 0 Å². The lowest BCUT2D eigenvalue weighted by Crippen LogP contribution is -2.24. The second kappa shape index (κ2) is 10.4. The molecular formula is C23H27NO5S. The Morgan fingerprint density at radius 3 is 2.17 bits per heavy atom. The molecule has 0 fully saturated rings. The third kappa shape index (κ3) is 6.69. The Hall–Kier alpha value is -2.67. The third-order valence-corrected chi connectivity index (χ3v) is 5.85. The van der Waals surface area contributed by atoms with Crippen LogP contribution in [0.15, 0.2) is 48.5 Å². The van der Waals surface area contributed by atoms with E-state index in [0.29, 0.717) is 11.3 Å². The average Bonchev–Trinajstić information content (AvgIpc) is 2.70. The molecule has 160 valence electrons. The number of thioether (sulfide) groups is 1. The van der Waals surface area contributed by atoms with Crippen molar-refractivity contribution in [3.63, 3.8) is 0 Å². The van der Waals surface area contributed by atoms with Gasteiger partial charge in [-0.2, -0.15) is 0 Å². The summed E-state index contributed by atoms with van der Waals surface area (Å²) in [5.74, 6) is -0.107. The molecule has 0 unspecified atom stereocenters. The lowest BCUT2D eigenvalue weighted by atomic mass is 9.87. The Labute approximate surface area is 181 Å². The van der Waals surface area contributed by atoms with Crippen molar-refractivity contribution in [2.45, 2.75) is 50.5 Å². The molecule has 0 radical (unpaired) electrons. The second-order valence-electron chi connectivity index (χ2n) is 7.93. The van der Waals surface area contributed by atoms with Gasteiger partial charge in [0.1, 0.15) is 5.25 Å². The number of rotatable bonds is 9. The molecule has 0 aromatic heterocycles. The van der Waals surface area contributed by atoms with Gasteiger partial charge in [0.2, 0.25) is 0 Å². The number of ether oxygens (including phenoxy) is 1. The maximum absolute atomic E-state index is 12.6. The number of carbonyl (C=O) groups is 2. The smallest absolute Gasteiger partial charge is 0.319 e. The Morgan fingerprint density at radius 1 is 1.07 bits per heavy atom. The van der Waals surface area contributed by atoms with Gasteiger partial charge in [-0.25, -0.2) is 0 Å². The topological polar surface area (TPSA) is 86.5 Å². The zero-order valence-electron chi connectivity index (χ0n) is 17.7. The summed E-state index contributed by atoms with van der Waals surface area (Å²) in [5, 5.41) is 10.1. The Bertz CT molecular complexity index is 885. The van der Waals surface area contributed by atoms with Crippen molar-refractivity contribution in [3.05, 3.63) is 75.3 Å². The van der Waals surface area contributed by atoms with Gasteiger partial charge in [0.15, 0.2) is 5.78 Å². The summed E-state index contributed by atoms with van der Waals surface area (Å²) in [7, 11) is 0. The number of nitro benzene ring substituents is 1. The first-order chi connectivity index (χ1) is 14.1. The Morgan fingerprint density at radius 2 is 1.67 bits per heavy atom. The van der Waals surface area contributed by atoms with Gasteiger partial charge in [0.25, 0.3) is 5.69 Å². The van der Waals surface area contributed by atoms with Crippen LogP contribution in [0.25, 0.3) is 0 Å². The minimum Gasteiger partial charge on any atom is -0.465 e. The molecular weight excluding hydrogens is 402 g/mol. The molecule has 0 saturated heterocycles. The quantitative estimate of drug-likeness (QED) is 0.232. The van der Waals surface area contributed by atoms with E-state index >= 15 is 0 Å². The molecule has 0 spiro atoms. The Balaban J connectivity index is 2.07. The summed E-state index contributed by atoms with van der Waals surface area (Å²) < 4.78 is 5.14. The zero-order valence-corrected chi connectivity index (χ0v) is 18.5. The van der Waals surface area contributed by atoms with Crippen LogP contribution in [0, 0.1) is 10.1 Å². The van der Waals surface area contributed by atoms with E-state index in [1.807, 2.05) is 12.1 Å². The van der Waals surface area contributed by atoms with E-state index in [9.17, 15) is 19.7 Å². The Kier molecular flexibility index (Phi) is 8.17. The minimum absolute atomic E-state index is 0.0264. The van der Waals surface area contributed by atoms with E-state index in [1.165, 1.54) is 41.6 Å². The molecule has 0 N–H and O–H groups in total. The van der Waals surface area contributed by atoms with Crippen molar-refractivity contribution in [2.75, 3.05) is 6.61 Å². The molecule has 0 aliphatic carbocycles. The van der Waals surface area contributed by atoms with Crippen LogP contribution in [0.3, 0.4) is 0 Å². The van der Waals surface area contributed by atoms with Crippen LogP contribution in [0.2, 0.25) is 0 Å². The van der Waals surface area contributed by atoms with E-state index in [-0.39, 0.29) is 29.9 Å². The highest BCUT2D eigenvalue weighted by atomic mass is 32.2. The molecule has 1 atom stereocenters. The summed E-state index contributed by atoms with van der Waals surface area (Å²) in [6, 6.07) is 13.6. The predicted octanol–water partition coefficient (Wildman–Crippen LogP) is 5.33. The zero-order chi connectivity index (χ0) is 22.3. The summed E-state index contributed by atoms with van der Waals surface area (Å²) in [5.41, 5.74) is 2.61. The highest BCUT2D eigenvalue weighted by molar-refractivity contribution is 7.99. The van der Waals surface area contributed by atoms with E-state index < -0.39 is 16.1 Å². The van der Waals surface area contributed by atoms with Gasteiger partial charge in [-0.1, -0.05) is 45.0 Å².